The van der Waals surface area contributed by atoms with Crippen LogP contribution < -0.4 is 5.32 Å². The molecule has 16 heavy (non-hydrogen) atoms. The Bertz CT molecular complexity index is 257. The maximum atomic E-state index is 11.7. The Morgan fingerprint density at radius 2 is 2.25 bits per heavy atom. The molecular weight excluding hydrogens is 204 g/mol. The number of hydrogen-bond acceptors (Lipinski definition) is 3. The van der Waals surface area contributed by atoms with Crippen LogP contribution in [0.5, 0.6) is 0 Å². The van der Waals surface area contributed by atoms with E-state index in [2.05, 4.69) is 19.2 Å². The van der Waals surface area contributed by atoms with Crippen LogP contribution in [0.25, 0.3) is 0 Å². The van der Waals surface area contributed by atoms with Crippen molar-refractivity contribution in [1.29, 1.82) is 0 Å². The fourth-order valence-corrected chi connectivity index (χ4v) is 2.79. The largest absolute Gasteiger partial charge is 0.378 e. The zero-order chi connectivity index (χ0) is 11.5. The summed E-state index contributed by atoms with van der Waals surface area (Å²) in [7, 11) is 0. The molecule has 0 aromatic rings. The SMILES string of the molecule is CCC1OCCC1CN1C(=O)CNC1CC. The minimum atomic E-state index is 0.241. The van der Waals surface area contributed by atoms with Crippen molar-refractivity contribution >= 4 is 5.91 Å². The van der Waals surface area contributed by atoms with Crippen molar-refractivity contribution in [2.24, 2.45) is 5.92 Å². The number of nitrogens with one attached hydrogen (secondary N) is 1. The Labute approximate surface area is 97.3 Å². The van der Waals surface area contributed by atoms with E-state index >= 15 is 0 Å². The lowest BCUT2D eigenvalue weighted by Gasteiger charge is -2.28. The second-order valence-electron chi connectivity index (χ2n) is 4.72. The molecule has 1 N–H and O–H groups in total. The van der Waals surface area contributed by atoms with Crippen LogP contribution in [-0.2, 0) is 9.53 Å². The fourth-order valence-electron chi connectivity index (χ4n) is 2.79. The Morgan fingerprint density at radius 3 is 2.94 bits per heavy atom. The predicted octanol–water partition coefficient (Wildman–Crippen LogP) is 0.969. The molecule has 4 heteroatoms. The second-order valence-corrected chi connectivity index (χ2v) is 4.72. The van der Waals surface area contributed by atoms with E-state index in [-0.39, 0.29) is 12.1 Å². The normalized spacial score (nSPS) is 35.0. The monoisotopic (exact) mass is 226 g/mol. The van der Waals surface area contributed by atoms with Gasteiger partial charge >= 0.3 is 0 Å². The quantitative estimate of drug-likeness (QED) is 0.776. The van der Waals surface area contributed by atoms with Gasteiger partial charge in [0, 0.05) is 19.1 Å². The highest BCUT2D eigenvalue weighted by atomic mass is 16.5. The number of amides is 1. The summed E-state index contributed by atoms with van der Waals surface area (Å²) in [6, 6.07) is 0. The summed E-state index contributed by atoms with van der Waals surface area (Å²) in [5.41, 5.74) is 0. The van der Waals surface area contributed by atoms with Gasteiger partial charge in [0.25, 0.3) is 0 Å². The minimum Gasteiger partial charge on any atom is -0.378 e. The van der Waals surface area contributed by atoms with Gasteiger partial charge in [-0.25, -0.2) is 0 Å². The average Bonchev–Trinajstić information content (AvgIpc) is 2.87. The molecule has 3 unspecified atom stereocenters. The molecule has 2 aliphatic heterocycles. The van der Waals surface area contributed by atoms with Crippen molar-refractivity contribution in [3.8, 4) is 0 Å². The van der Waals surface area contributed by atoms with Crippen LogP contribution in [0.4, 0.5) is 0 Å². The Morgan fingerprint density at radius 1 is 1.44 bits per heavy atom. The van der Waals surface area contributed by atoms with Gasteiger partial charge in [0.05, 0.1) is 18.8 Å². The first-order valence-corrected chi connectivity index (χ1v) is 6.40. The second kappa shape index (κ2) is 5.15. The predicted molar refractivity (Wildman–Crippen MR) is 61.9 cm³/mol. The molecule has 2 saturated heterocycles. The molecule has 0 aromatic heterocycles. The van der Waals surface area contributed by atoms with Gasteiger partial charge in [0.2, 0.25) is 5.91 Å². The van der Waals surface area contributed by atoms with Gasteiger partial charge in [-0.1, -0.05) is 13.8 Å². The maximum absolute atomic E-state index is 11.7. The molecule has 2 fully saturated rings. The lowest BCUT2D eigenvalue weighted by molar-refractivity contribution is -0.128. The van der Waals surface area contributed by atoms with Gasteiger partial charge in [-0.15, -0.1) is 0 Å². The first-order chi connectivity index (χ1) is 7.76. The molecule has 3 atom stereocenters. The standard InChI is InChI=1S/C12H22N2O2/c1-3-10-9(5-6-16-10)8-14-11(4-2)13-7-12(14)15/h9-11,13H,3-8H2,1-2H3. The number of ether oxygens (including phenoxy) is 1. The Kier molecular flexibility index (Phi) is 3.82. The molecule has 92 valence electrons. The van der Waals surface area contributed by atoms with E-state index in [1.165, 1.54) is 0 Å². The third kappa shape index (κ3) is 2.23. The summed E-state index contributed by atoms with van der Waals surface area (Å²) in [6.07, 6.45) is 3.72. The fraction of sp³-hybridized carbons (Fsp3) is 0.917. The summed E-state index contributed by atoms with van der Waals surface area (Å²) in [4.78, 5) is 13.8. The zero-order valence-corrected chi connectivity index (χ0v) is 10.2. The highest BCUT2D eigenvalue weighted by Gasteiger charge is 2.35. The molecule has 0 saturated carbocycles. The van der Waals surface area contributed by atoms with E-state index in [0.29, 0.717) is 18.6 Å². The van der Waals surface area contributed by atoms with Gasteiger partial charge in [-0.3, -0.25) is 10.1 Å². The van der Waals surface area contributed by atoms with Gasteiger partial charge in [0.1, 0.15) is 0 Å². The molecule has 2 heterocycles. The number of rotatable bonds is 4. The summed E-state index contributed by atoms with van der Waals surface area (Å²) in [6.45, 7) is 6.50. The molecule has 0 radical (unpaired) electrons. The summed E-state index contributed by atoms with van der Waals surface area (Å²) in [5, 5.41) is 3.25. The van der Waals surface area contributed by atoms with Gasteiger partial charge < -0.3 is 9.64 Å². The molecule has 2 aliphatic rings. The molecule has 0 aromatic carbocycles. The van der Waals surface area contributed by atoms with E-state index in [9.17, 15) is 4.79 Å². The molecular formula is C12H22N2O2. The van der Waals surface area contributed by atoms with Crippen LogP contribution in [0.1, 0.15) is 33.1 Å². The molecule has 0 bridgehead atoms. The van der Waals surface area contributed by atoms with E-state index in [4.69, 9.17) is 4.74 Å². The first-order valence-electron chi connectivity index (χ1n) is 6.40. The van der Waals surface area contributed by atoms with Crippen molar-refractivity contribution in [3.63, 3.8) is 0 Å². The Hall–Kier alpha value is -0.610. The summed E-state index contributed by atoms with van der Waals surface area (Å²) >= 11 is 0. The maximum Gasteiger partial charge on any atom is 0.237 e. The minimum absolute atomic E-state index is 0.241. The van der Waals surface area contributed by atoms with Gasteiger partial charge in [0.15, 0.2) is 0 Å². The number of carbonyl (C=O) groups excluding carboxylic acids is 1. The van der Waals surface area contributed by atoms with Gasteiger partial charge in [-0.2, -0.15) is 0 Å². The number of carbonyl (C=O) groups is 1. The summed E-state index contributed by atoms with van der Waals surface area (Å²) in [5.74, 6) is 0.775. The van der Waals surface area contributed by atoms with Crippen LogP contribution in [0, 0.1) is 5.92 Å². The van der Waals surface area contributed by atoms with Crippen molar-refractivity contribution < 1.29 is 9.53 Å². The molecule has 4 nitrogen and oxygen atoms in total. The van der Waals surface area contributed by atoms with Crippen LogP contribution in [0.2, 0.25) is 0 Å². The third-order valence-corrected chi connectivity index (χ3v) is 3.75. The molecule has 2 rings (SSSR count). The van der Waals surface area contributed by atoms with E-state index in [1.54, 1.807) is 0 Å². The number of hydrogen-bond donors (Lipinski definition) is 1. The molecule has 0 aliphatic carbocycles. The first kappa shape index (κ1) is 11.9. The van der Waals surface area contributed by atoms with Crippen LogP contribution in [-0.4, -0.2) is 42.8 Å². The van der Waals surface area contributed by atoms with Crippen molar-refractivity contribution in [2.75, 3.05) is 19.7 Å². The van der Waals surface area contributed by atoms with E-state index in [0.717, 1.165) is 32.4 Å². The topological polar surface area (TPSA) is 41.6 Å². The summed E-state index contributed by atoms with van der Waals surface area (Å²) < 4.78 is 5.67. The third-order valence-electron chi connectivity index (χ3n) is 3.75. The highest BCUT2D eigenvalue weighted by Crippen LogP contribution is 2.25. The van der Waals surface area contributed by atoms with Crippen molar-refractivity contribution in [1.82, 2.24) is 10.2 Å². The smallest absolute Gasteiger partial charge is 0.237 e. The van der Waals surface area contributed by atoms with E-state index < -0.39 is 0 Å². The van der Waals surface area contributed by atoms with E-state index in [1.807, 2.05) is 4.90 Å². The van der Waals surface area contributed by atoms with Crippen LogP contribution in [0.3, 0.4) is 0 Å². The molecule has 1 amide bonds. The average molecular weight is 226 g/mol. The van der Waals surface area contributed by atoms with Crippen LogP contribution >= 0.6 is 0 Å². The highest BCUT2D eigenvalue weighted by molar-refractivity contribution is 5.80. The van der Waals surface area contributed by atoms with Gasteiger partial charge in [-0.05, 0) is 19.3 Å². The molecule has 0 spiro atoms. The lowest BCUT2D eigenvalue weighted by atomic mass is 9.99. The Balaban J connectivity index is 1.94. The van der Waals surface area contributed by atoms with Crippen molar-refractivity contribution in [2.45, 2.75) is 45.4 Å². The van der Waals surface area contributed by atoms with Crippen LogP contribution in [0.15, 0.2) is 0 Å². The number of nitrogens with zero attached hydrogens (tertiary/aromatic N) is 1. The lowest BCUT2D eigenvalue weighted by Crippen LogP contribution is -2.41. The van der Waals surface area contributed by atoms with Crippen molar-refractivity contribution in [3.05, 3.63) is 0 Å². The zero-order valence-electron chi connectivity index (χ0n) is 10.2.